The lowest BCUT2D eigenvalue weighted by Gasteiger charge is -2.10. The number of hydrogen-bond acceptors (Lipinski definition) is 3. The molecule has 0 aliphatic carbocycles. The van der Waals surface area contributed by atoms with Crippen LogP contribution in [0.15, 0.2) is 24.3 Å². The van der Waals surface area contributed by atoms with Gasteiger partial charge in [0, 0.05) is 13.0 Å². The highest BCUT2D eigenvalue weighted by atomic mass is 19.4. The number of benzene rings is 1. The van der Waals surface area contributed by atoms with Gasteiger partial charge in [-0.2, -0.15) is 13.2 Å². The van der Waals surface area contributed by atoms with Gasteiger partial charge >= 0.3 is 12.1 Å². The third-order valence-electron chi connectivity index (χ3n) is 2.55. The Morgan fingerprint density at radius 3 is 2.63 bits per heavy atom. The Labute approximate surface area is 109 Å². The second-order valence-electron chi connectivity index (χ2n) is 4.04. The quantitative estimate of drug-likeness (QED) is 0.641. The van der Waals surface area contributed by atoms with Gasteiger partial charge in [0.05, 0.1) is 12.7 Å². The van der Waals surface area contributed by atoms with Crippen LogP contribution in [-0.4, -0.2) is 25.8 Å². The van der Waals surface area contributed by atoms with Gasteiger partial charge in [0.15, 0.2) is 0 Å². The van der Waals surface area contributed by atoms with Crippen molar-refractivity contribution < 1.29 is 22.7 Å². The Bertz CT molecular complexity index is 419. The zero-order valence-corrected chi connectivity index (χ0v) is 10.6. The molecule has 3 nitrogen and oxygen atoms in total. The van der Waals surface area contributed by atoms with Crippen LogP contribution in [0.25, 0.3) is 0 Å². The topological polar surface area (TPSA) is 38.3 Å². The minimum Gasteiger partial charge on any atom is -0.465 e. The summed E-state index contributed by atoms with van der Waals surface area (Å²) in [6.45, 7) is 0.581. The molecule has 1 aromatic rings. The fraction of sp³-hybridized carbons (Fsp3) is 0.462. The predicted molar refractivity (Wildman–Crippen MR) is 64.8 cm³/mol. The standard InChI is InChI=1S/C13H16F3NO2/c1-19-12(18)11-6-3-2-5-10(11)9-17-8-4-7-13(14,15)16/h2-3,5-6,17H,4,7-9H2,1H3. The van der Waals surface area contributed by atoms with Gasteiger partial charge in [0.25, 0.3) is 0 Å². The van der Waals surface area contributed by atoms with Gasteiger partial charge in [-0.3, -0.25) is 0 Å². The summed E-state index contributed by atoms with van der Waals surface area (Å²) in [5, 5.41) is 2.89. The Balaban J connectivity index is 2.43. The Morgan fingerprint density at radius 1 is 1.32 bits per heavy atom. The van der Waals surface area contributed by atoms with Gasteiger partial charge in [0.2, 0.25) is 0 Å². The van der Waals surface area contributed by atoms with E-state index < -0.39 is 18.6 Å². The number of methoxy groups -OCH3 is 1. The molecule has 6 heteroatoms. The number of alkyl halides is 3. The van der Waals surface area contributed by atoms with Crippen molar-refractivity contribution in [2.45, 2.75) is 25.6 Å². The summed E-state index contributed by atoms with van der Waals surface area (Å²) in [6, 6.07) is 6.83. The van der Waals surface area contributed by atoms with Crippen LogP contribution in [0.3, 0.4) is 0 Å². The lowest BCUT2D eigenvalue weighted by molar-refractivity contribution is -0.135. The number of esters is 1. The average Bonchev–Trinajstić information content (AvgIpc) is 2.36. The number of rotatable bonds is 6. The molecule has 1 N–H and O–H groups in total. The van der Waals surface area contributed by atoms with E-state index in [9.17, 15) is 18.0 Å². The first kappa shape index (κ1) is 15.5. The van der Waals surface area contributed by atoms with Crippen LogP contribution in [-0.2, 0) is 11.3 Å². The Morgan fingerprint density at radius 2 is 2.00 bits per heavy atom. The van der Waals surface area contributed by atoms with E-state index in [1.54, 1.807) is 24.3 Å². The molecule has 0 aliphatic rings. The van der Waals surface area contributed by atoms with Crippen molar-refractivity contribution in [3.05, 3.63) is 35.4 Å². The monoisotopic (exact) mass is 275 g/mol. The van der Waals surface area contributed by atoms with Gasteiger partial charge in [-0.15, -0.1) is 0 Å². The fourth-order valence-electron chi connectivity index (χ4n) is 1.62. The highest BCUT2D eigenvalue weighted by Gasteiger charge is 2.25. The maximum absolute atomic E-state index is 11.9. The fourth-order valence-corrected chi connectivity index (χ4v) is 1.62. The molecule has 0 saturated carbocycles. The average molecular weight is 275 g/mol. The number of hydrogen-bond donors (Lipinski definition) is 1. The van der Waals surface area contributed by atoms with E-state index in [1.807, 2.05) is 0 Å². The summed E-state index contributed by atoms with van der Waals surface area (Å²) in [5.74, 6) is -0.451. The molecule has 0 bridgehead atoms. The van der Waals surface area contributed by atoms with E-state index in [0.29, 0.717) is 17.7 Å². The lowest BCUT2D eigenvalue weighted by Crippen LogP contribution is -2.19. The smallest absolute Gasteiger partial charge is 0.389 e. The van der Waals surface area contributed by atoms with Crippen molar-refractivity contribution in [3.63, 3.8) is 0 Å². The van der Waals surface area contributed by atoms with Crippen molar-refractivity contribution >= 4 is 5.97 Å². The molecule has 19 heavy (non-hydrogen) atoms. The molecule has 0 aromatic heterocycles. The molecule has 0 atom stereocenters. The lowest BCUT2D eigenvalue weighted by atomic mass is 10.1. The summed E-state index contributed by atoms with van der Waals surface area (Å²) >= 11 is 0. The summed E-state index contributed by atoms with van der Waals surface area (Å²) in [5.41, 5.74) is 1.13. The van der Waals surface area contributed by atoms with Crippen molar-refractivity contribution in [1.29, 1.82) is 0 Å². The maximum Gasteiger partial charge on any atom is 0.389 e. The summed E-state index contributed by atoms with van der Waals surface area (Å²) in [4.78, 5) is 11.5. The van der Waals surface area contributed by atoms with Crippen molar-refractivity contribution in [2.75, 3.05) is 13.7 Å². The predicted octanol–water partition coefficient (Wildman–Crippen LogP) is 2.91. The first-order valence-corrected chi connectivity index (χ1v) is 5.88. The summed E-state index contributed by atoms with van der Waals surface area (Å²) in [7, 11) is 1.29. The molecule has 0 saturated heterocycles. The molecule has 0 amide bonds. The van der Waals surface area contributed by atoms with E-state index >= 15 is 0 Å². The maximum atomic E-state index is 11.9. The number of ether oxygens (including phenoxy) is 1. The third kappa shape index (κ3) is 5.74. The molecule has 0 fully saturated rings. The zero-order valence-electron chi connectivity index (χ0n) is 10.6. The van der Waals surface area contributed by atoms with Gasteiger partial charge < -0.3 is 10.1 Å². The van der Waals surface area contributed by atoms with E-state index in [0.717, 1.165) is 0 Å². The molecule has 1 aromatic carbocycles. The minimum atomic E-state index is -4.12. The highest BCUT2D eigenvalue weighted by Crippen LogP contribution is 2.20. The molecule has 0 aliphatic heterocycles. The van der Waals surface area contributed by atoms with E-state index in [2.05, 4.69) is 10.1 Å². The zero-order chi connectivity index (χ0) is 14.3. The van der Waals surface area contributed by atoms with Crippen molar-refractivity contribution in [1.82, 2.24) is 5.32 Å². The molecule has 106 valence electrons. The highest BCUT2D eigenvalue weighted by molar-refractivity contribution is 5.90. The van der Waals surface area contributed by atoms with Crippen molar-refractivity contribution in [2.24, 2.45) is 0 Å². The van der Waals surface area contributed by atoms with E-state index in [4.69, 9.17) is 0 Å². The number of carbonyl (C=O) groups excluding carboxylic acids is 1. The van der Waals surface area contributed by atoms with Gasteiger partial charge in [-0.05, 0) is 24.6 Å². The van der Waals surface area contributed by atoms with Crippen molar-refractivity contribution in [3.8, 4) is 0 Å². The van der Waals surface area contributed by atoms with Crippen LogP contribution >= 0.6 is 0 Å². The molecular weight excluding hydrogens is 259 g/mol. The summed E-state index contributed by atoms with van der Waals surface area (Å²) < 4.78 is 40.4. The molecule has 0 unspecified atom stereocenters. The van der Waals surface area contributed by atoms with Gasteiger partial charge in [-0.25, -0.2) is 4.79 Å². The normalized spacial score (nSPS) is 11.4. The van der Waals surface area contributed by atoms with Crippen LogP contribution in [0.4, 0.5) is 13.2 Å². The summed E-state index contributed by atoms with van der Waals surface area (Å²) in [6.07, 6.45) is -4.91. The SMILES string of the molecule is COC(=O)c1ccccc1CNCCCC(F)(F)F. The van der Waals surface area contributed by atoms with Crippen LogP contribution in [0.2, 0.25) is 0 Å². The second-order valence-corrected chi connectivity index (χ2v) is 4.04. The number of carbonyl (C=O) groups is 1. The first-order valence-electron chi connectivity index (χ1n) is 5.88. The molecular formula is C13H16F3NO2. The van der Waals surface area contributed by atoms with Crippen LogP contribution in [0.1, 0.15) is 28.8 Å². The van der Waals surface area contributed by atoms with E-state index in [-0.39, 0.29) is 13.0 Å². The van der Waals surface area contributed by atoms with E-state index in [1.165, 1.54) is 7.11 Å². The van der Waals surface area contributed by atoms with Gasteiger partial charge in [0.1, 0.15) is 0 Å². The Kier molecular flexibility index (Phi) is 5.82. The van der Waals surface area contributed by atoms with Crippen LogP contribution in [0, 0.1) is 0 Å². The number of halogens is 3. The minimum absolute atomic E-state index is 0.0177. The second kappa shape index (κ2) is 7.13. The van der Waals surface area contributed by atoms with Crippen LogP contribution in [0.5, 0.6) is 0 Å². The first-order chi connectivity index (χ1) is 8.94. The number of nitrogens with one attached hydrogen (secondary N) is 1. The van der Waals surface area contributed by atoms with Gasteiger partial charge in [-0.1, -0.05) is 18.2 Å². The Hall–Kier alpha value is -1.56. The molecule has 0 heterocycles. The molecule has 1 rings (SSSR count). The third-order valence-corrected chi connectivity index (χ3v) is 2.55. The van der Waals surface area contributed by atoms with Crippen LogP contribution < -0.4 is 5.32 Å². The molecule has 0 spiro atoms. The molecule has 0 radical (unpaired) electrons. The largest absolute Gasteiger partial charge is 0.465 e.